The molecular weight excluding hydrogens is 396 g/mol. The summed E-state index contributed by atoms with van der Waals surface area (Å²) in [5.74, 6) is -1.84. The molecule has 0 radical (unpaired) electrons. The van der Waals surface area contributed by atoms with Crippen molar-refractivity contribution >= 4 is 28.6 Å². The summed E-state index contributed by atoms with van der Waals surface area (Å²) >= 11 is 0. The lowest BCUT2D eigenvalue weighted by atomic mass is 10.3. The van der Waals surface area contributed by atoms with Crippen molar-refractivity contribution < 1.29 is 18.3 Å². The van der Waals surface area contributed by atoms with Crippen molar-refractivity contribution in [3.05, 3.63) is 51.9 Å². The minimum atomic E-state index is -0.807. The molecule has 1 fully saturated rings. The number of amides is 1. The van der Waals surface area contributed by atoms with Crippen LogP contribution in [0.3, 0.4) is 0 Å². The Morgan fingerprint density at radius 3 is 2.50 bits per heavy atom. The van der Waals surface area contributed by atoms with E-state index >= 15 is 0 Å². The van der Waals surface area contributed by atoms with Gasteiger partial charge < -0.3 is 19.5 Å². The normalized spacial score (nSPS) is 14.3. The van der Waals surface area contributed by atoms with E-state index in [-0.39, 0.29) is 17.8 Å². The molecule has 1 saturated heterocycles. The van der Waals surface area contributed by atoms with Crippen molar-refractivity contribution in [2.24, 2.45) is 7.05 Å². The minimum absolute atomic E-state index is 0.0257. The fourth-order valence-corrected chi connectivity index (χ4v) is 3.55. The molecule has 2 aromatic heterocycles. The number of hydrogen-bond donors (Lipinski definition) is 1. The molecule has 0 bridgehead atoms. The van der Waals surface area contributed by atoms with E-state index in [0.29, 0.717) is 49.4 Å². The first-order valence-electron chi connectivity index (χ1n) is 9.49. The van der Waals surface area contributed by atoms with Crippen LogP contribution in [0.1, 0.15) is 5.69 Å². The number of aryl methyl sites for hydroxylation is 2. The molecule has 0 aliphatic carbocycles. The summed E-state index contributed by atoms with van der Waals surface area (Å²) in [5, 5.41) is 2.44. The van der Waals surface area contributed by atoms with E-state index in [0.717, 1.165) is 17.8 Å². The fourth-order valence-electron chi connectivity index (χ4n) is 3.55. The van der Waals surface area contributed by atoms with Crippen molar-refractivity contribution in [1.82, 2.24) is 14.1 Å². The number of ether oxygens (including phenoxy) is 1. The van der Waals surface area contributed by atoms with Crippen LogP contribution in [0.4, 0.5) is 20.4 Å². The molecule has 3 aromatic rings. The molecule has 30 heavy (non-hydrogen) atoms. The molecule has 4 rings (SSSR count). The van der Waals surface area contributed by atoms with E-state index in [1.807, 2.05) is 17.9 Å². The number of halogens is 2. The molecule has 0 saturated carbocycles. The molecule has 10 heteroatoms. The number of morpholine rings is 1. The summed E-state index contributed by atoms with van der Waals surface area (Å²) in [7, 11) is 1.76. The number of carbonyl (C=O) groups excluding carboxylic acids is 1. The predicted molar refractivity (Wildman–Crippen MR) is 108 cm³/mol. The first-order valence-corrected chi connectivity index (χ1v) is 9.49. The fraction of sp³-hybridized carbons (Fsp3) is 0.350. The summed E-state index contributed by atoms with van der Waals surface area (Å²) in [5.41, 5.74) is 1.40. The zero-order valence-electron chi connectivity index (χ0n) is 16.6. The number of rotatable bonds is 4. The van der Waals surface area contributed by atoms with Crippen molar-refractivity contribution in [3.63, 3.8) is 0 Å². The van der Waals surface area contributed by atoms with Gasteiger partial charge in [0.2, 0.25) is 11.9 Å². The monoisotopic (exact) mass is 417 g/mol. The first-order chi connectivity index (χ1) is 14.3. The van der Waals surface area contributed by atoms with E-state index in [1.165, 1.54) is 4.57 Å². The second-order valence-electron chi connectivity index (χ2n) is 7.19. The molecule has 1 aliphatic rings. The highest BCUT2D eigenvalue weighted by Crippen LogP contribution is 2.19. The number of nitrogens with one attached hydrogen (secondary N) is 1. The molecule has 0 atom stereocenters. The number of nitrogens with zero attached hydrogens (tertiary/aromatic N) is 4. The van der Waals surface area contributed by atoms with Crippen molar-refractivity contribution in [2.75, 3.05) is 36.5 Å². The summed E-state index contributed by atoms with van der Waals surface area (Å²) in [4.78, 5) is 32.4. The highest BCUT2D eigenvalue weighted by molar-refractivity contribution is 5.91. The van der Waals surface area contributed by atoms with Gasteiger partial charge in [-0.1, -0.05) is 0 Å². The number of carbonyl (C=O) groups is 1. The van der Waals surface area contributed by atoms with Gasteiger partial charge in [0.15, 0.2) is 0 Å². The van der Waals surface area contributed by atoms with Gasteiger partial charge >= 0.3 is 0 Å². The Bertz CT molecular complexity index is 1160. The van der Waals surface area contributed by atoms with Crippen LogP contribution in [-0.4, -0.2) is 46.3 Å². The van der Waals surface area contributed by atoms with Gasteiger partial charge in [0.1, 0.15) is 23.7 Å². The number of hydrogen-bond acceptors (Lipinski definition) is 5. The third kappa shape index (κ3) is 3.78. The predicted octanol–water partition coefficient (Wildman–Crippen LogP) is 1.80. The summed E-state index contributed by atoms with van der Waals surface area (Å²) in [6, 6.07) is 4.55. The standard InChI is InChI=1S/C20H21F2N5O3/c1-12-7-16-18(25(12)2)19(29)27(20(24-16)26-3-5-30-6-4-26)11-17(28)23-15-9-13(21)8-14(22)10-15/h7-10H,3-6,11H2,1-2H3,(H,23,28). The molecular formula is C20H21F2N5O3. The Kier molecular flexibility index (Phi) is 5.25. The number of aromatic nitrogens is 3. The lowest BCUT2D eigenvalue weighted by Crippen LogP contribution is -2.42. The van der Waals surface area contributed by atoms with Gasteiger partial charge in [-0.3, -0.25) is 14.2 Å². The lowest BCUT2D eigenvalue weighted by Gasteiger charge is -2.29. The highest BCUT2D eigenvalue weighted by Gasteiger charge is 2.22. The summed E-state index contributed by atoms with van der Waals surface area (Å²) in [6.45, 7) is 3.54. The van der Waals surface area contributed by atoms with Gasteiger partial charge in [-0.15, -0.1) is 0 Å². The quantitative estimate of drug-likeness (QED) is 0.700. The van der Waals surface area contributed by atoms with Crippen LogP contribution in [-0.2, 0) is 23.1 Å². The maximum absolute atomic E-state index is 13.4. The van der Waals surface area contributed by atoms with Crippen molar-refractivity contribution in [2.45, 2.75) is 13.5 Å². The van der Waals surface area contributed by atoms with Gasteiger partial charge in [0.25, 0.3) is 5.56 Å². The molecule has 0 spiro atoms. The van der Waals surface area contributed by atoms with Gasteiger partial charge in [-0.05, 0) is 25.1 Å². The molecule has 1 aliphatic heterocycles. The van der Waals surface area contributed by atoms with Crippen LogP contribution in [0.5, 0.6) is 0 Å². The van der Waals surface area contributed by atoms with E-state index < -0.39 is 17.5 Å². The van der Waals surface area contributed by atoms with Gasteiger partial charge in [0, 0.05) is 37.6 Å². The Labute approximate surface area is 170 Å². The second kappa shape index (κ2) is 7.86. The lowest BCUT2D eigenvalue weighted by molar-refractivity contribution is -0.116. The third-order valence-electron chi connectivity index (χ3n) is 5.10. The smallest absolute Gasteiger partial charge is 0.279 e. The number of fused-ring (bicyclic) bond motifs is 1. The molecule has 0 unspecified atom stereocenters. The summed E-state index contributed by atoms with van der Waals surface area (Å²) in [6.07, 6.45) is 0. The zero-order chi connectivity index (χ0) is 21.4. The zero-order valence-corrected chi connectivity index (χ0v) is 16.6. The van der Waals surface area contributed by atoms with Crippen LogP contribution >= 0.6 is 0 Å². The van der Waals surface area contributed by atoms with E-state index in [1.54, 1.807) is 11.6 Å². The Morgan fingerprint density at radius 2 is 1.83 bits per heavy atom. The Hall–Kier alpha value is -3.27. The highest BCUT2D eigenvalue weighted by atomic mass is 19.1. The van der Waals surface area contributed by atoms with Crippen LogP contribution < -0.4 is 15.8 Å². The Morgan fingerprint density at radius 1 is 1.17 bits per heavy atom. The second-order valence-corrected chi connectivity index (χ2v) is 7.19. The van der Waals surface area contributed by atoms with Gasteiger partial charge in [-0.25, -0.2) is 13.8 Å². The average Bonchev–Trinajstić information content (AvgIpc) is 2.97. The van der Waals surface area contributed by atoms with E-state index in [4.69, 9.17) is 4.74 Å². The van der Waals surface area contributed by atoms with Gasteiger partial charge in [-0.2, -0.15) is 0 Å². The Balaban J connectivity index is 1.73. The van der Waals surface area contributed by atoms with Crippen LogP contribution in [0.2, 0.25) is 0 Å². The van der Waals surface area contributed by atoms with E-state index in [9.17, 15) is 18.4 Å². The van der Waals surface area contributed by atoms with Crippen LogP contribution in [0, 0.1) is 18.6 Å². The molecule has 1 aromatic carbocycles. The molecule has 158 valence electrons. The SMILES string of the molecule is Cc1cc2nc(N3CCOCC3)n(CC(=O)Nc3cc(F)cc(F)c3)c(=O)c2n1C. The van der Waals surface area contributed by atoms with Crippen molar-refractivity contribution in [3.8, 4) is 0 Å². The molecule has 1 N–H and O–H groups in total. The molecule has 8 nitrogen and oxygen atoms in total. The third-order valence-corrected chi connectivity index (χ3v) is 5.10. The van der Waals surface area contributed by atoms with Crippen LogP contribution in [0.25, 0.3) is 11.0 Å². The molecule has 1 amide bonds. The van der Waals surface area contributed by atoms with E-state index in [2.05, 4.69) is 10.3 Å². The maximum atomic E-state index is 13.4. The largest absolute Gasteiger partial charge is 0.378 e. The van der Waals surface area contributed by atoms with Crippen molar-refractivity contribution in [1.29, 1.82) is 0 Å². The first kappa shape index (κ1) is 20.0. The van der Waals surface area contributed by atoms with Crippen LogP contribution in [0.15, 0.2) is 29.1 Å². The topological polar surface area (TPSA) is 81.4 Å². The minimum Gasteiger partial charge on any atom is -0.378 e. The van der Waals surface area contributed by atoms with Gasteiger partial charge in [0.05, 0.1) is 18.7 Å². The number of anilines is 2. The number of benzene rings is 1. The summed E-state index contributed by atoms with van der Waals surface area (Å²) < 4.78 is 35.2. The average molecular weight is 417 g/mol. The molecule has 3 heterocycles. The maximum Gasteiger partial charge on any atom is 0.279 e.